The molecule has 3 aliphatic heterocycles. The molecular weight excluding hydrogens is 899 g/mol. The van der Waals surface area contributed by atoms with Gasteiger partial charge in [0.2, 0.25) is 12.0 Å². The summed E-state index contributed by atoms with van der Waals surface area (Å²) >= 11 is 8.61. The van der Waals surface area contributed by atoms with Gasteiger partial charge in [0, 0.05) is 61.3 Å². The summed E-state index contributed by atoms with van der Waals surface area (Å²) in [6, 6.07) is 24.4. The van der Waals surface area contributed by atoms with Crippen molar-refractivity contribution in [2.24, 2.45) is 0 Å². The van der Waals surface area contributed by atoms with Gasteiger partial charge in [0.1, 0.15) is 59.3 Å². The first-order valence-corrected chi connectivity index (χ1v) is 23.0. The molecule has 1 N–H and O–H groups in total. The average Bonchev–Trinajstić information content (AvgIpc) is 3.74. The van der Waals surface area contributed by atoms with E-state index < -0.39 is 18.2 Å². The van der Waals surface area contributed by atoms with Crippen LogP contribution in [0.5, 0.6) is 28.9 Å². The number of aromatic nitrogens is 4. The highest BCUT2D eigenvalue weighted by Gasteiger charge is 2.30. The van der Waals surface area contributed by atoms with Crippen LogP contribution in [0.2, 0.25) is 5.02 Å². The second kappa shape index (κ2) is 20.6. The van der Waals surface area contributed by atoms with Crippen molar-refractivity contribution in [2.75, 3.05) is 66.7 Å². The summed E-state index contributed by atoms with van der Waals surface area (Å²) in [4.78, 5) is 37.5. The third-order valence-electron chi connectivity index (χ3n) is 11.7. The van der Waals surface area contributed by atoms with Crippen molar-refractivity contribution < 1.29 is 42.7 Å². The van der Waals surface area contributed by atoms with E-state index >= 15 is 0 Å². The van der Waals surface area contributed by atoms with E-state index in [2.05, 4.69) is 24.8 Å². The zero-order valence-corrected chi connectivity index (χ0v) is 38.7. The summed E-state index contributed by atoms with van der Waals surface area (Å²) in [6.45, 7) is 7.42. The van der Waals surface area contributed by atoms with Gasteiger partial charge >= 0.3 is 5.97 Å². The Balaban J connectivity index is 1.11. The lowest BCUT2D eigenvalue weighted by Crippen LogP contribution is -2.43. The molecule has 1 fully saturated rings. The maximum atomic E-state index is 14.3. The van der Waals surface area contributed by atoms with Gasteiger partial charge < -0.3 is 38.4 Å². The monoisotopic (exact) mass is 946 g/mol. The van der Waals surface area contributed by atoms with Crippen molar-refractivity contribution in [3.8, 4) is 61.8 Å². The maximum absolute atomic E-state index is 14.3. The van der Waals surface area contributed by atoms with Crippen molar-refractivity contribution >= 4 is 39.1 Å². The average molecular weight is 947 g/mol. The predicted octanol–water partition coefficient (Wildman–Crippen LogP) is 8.65. The summed E-state index contributed by atoms with van der Waals surface area (Å²) in [7, 11) is 3.64. The van der Waals surface area contributed by atoms with Crippen LogP contribution in [-0.4, -0.2) is 120 Å². The molecule has 0 amide bonds. The minimum atomic E-state index is -1.45. The molecule has 67 heavy (non-hydrogen) atoms. The zero-order valence-electron chi connectivity index (χ0n) is 37.1. The number of morpholine rings is 1. The van der Waals surface area contributed by atoms with Crippen molar-refractivity contribution in [2.45, 2.75) is 32.2 Å². The standard InChI is InChI=1S/C50H48ClFN6O8S/c1-30-37-13-15-41(45(30)51)65-36(26-57(2)18-19-58-20-22-62-23-21-58)28-63-35-12-14-39(64-27-34-16-17-53-47(56-34)38-6-4-5-7-40(38)61-3)32(24-35)25-42(50(59)60)66-48-44-43(37)46(67-49(44)55-29-54-48)31-8-10-33(52)11-9-31/h4-17,24,29,36,42H,18-23,25-28H2,1-3H3,(H,59,60)/t36-,42-/m1/s1. The summed E-state index contributed by atoms with van der Waals surface area (Å²) in [6.07, 6.45) is 0.909. The van der Waals surface area contributed by atoms with Crippen LogP contribution in [0.15, 0.2) is 97.5 Å². The van der Waals surface area contributed by atoms with Crippen molar-refractivity contribution in [3.63, 3.8) is 0 Å². The van der Waals surface area contributed by atoms with Gasteiger partial charge in [-0.2, -0.15) is 0 Å². The molecule has 0 unspecified atom stereocenters. The third-order valence-corrected chi connectivity index (χ3v) is 13.3. The number of halogens is 2. The number of ether oxygens (including phenoxy) is 6. The molecule has 10 rings (SSSR count). The molecule has 0 spiro atoms. The van der Waals surface area contributed by atoms with Gasteiger partial charge in [-0.1, -0.05) is 41.9 Å². The zero-order chi connectivity index (χ0) is 46.4. The summed E-state index contributed by atoms with van der Waals surface area (Å²) in [5.41, 5.74) is 4.61. The molecular formula is C50H48ClFN6O8S. The lowest BCUT2D eigenvalue weighted by atomic mass is 9.96. The molecule has 2 atom stereocenters. The number of carboxylic acid groups (broad SMARTS) is 1. The maximum Gasteiger partial charge on any atom is 0.345 e. The molecule has 0 aliphatic carbocycles. The Hall–Kier alpha value is -6.43. The molecule has 17 heteroatoms. The smallest absolute Gasteiger partial charge is 0.345 e. The Morgan fingerprint density at radius 3 is 2.61 bits per heavy atom. The van der Waals surface area contributed by atoms with Crippen LogP contribution >= 0.6 is 22.9 Å². The van der Waals surface area contributed by atoms with Crippen LogP contribution in [0.3, 0.4) is 0 Å². The number of nitrogens with zero attached hydrogens (tertiary/aromatic N) is 6. The van der Waals surface area contributed by atoms with Crippen LogP contribution < -0.4 is 23.7 Å². The van der Waals surface area contributed by atoms with E-state index in [0.29, 0.717) is 86.2 Å². The molecule has 0 saturated carbocycles. The number of likely N-dealkylation sites (N-methyl/N-ethyl adjacent to an activating group) is 1. The fourth-order valence-electron chi connectivity index (χ4n) is 8.20. The van der Waals surface area contributed by atoms with Crippen LogP contribution in [0, 0.1) is 12.7 Å². The second-order valence-corrected chi connectivity index (χ2v) is 17.6. The highest BCUT2D eigenvalue weighted by Crippen LogP contribution is 2.49. The van der Waals surface area contributed by atoms with Crippen LogP contribution in [0.25, 0.3) is 43.2 Å². The molecule has 0 radical (unpaired) electrons. The lowest BCUT2D eigenvalue weighted by molar-refractivity contribution is -0.145. The molecule has 3 aromatic heterocycles. The van der Waals surface area contributed by atoms with Gasteiger partial charge in [0.15, 0.2) is 5.82 Å². The first kappa shape index (κ1) is 45.7. The number of hydrogen-bond acceptors (Lipinski definition) is 14. The highest BCUT2D eigenvalue weighted by molar-refractivity contribution is 7.22. The normalized spacial score (nSPS) is 16.5. The van der Waals surface area contributed by atoms with Crippen molar-refractivity contribution in [1.82, 2.24) is 29.7 Å². The van der Waals surface area contributed by atoms with Gasteiger partial charge in [0.25, 0.3) is 0 Å². The molecule has 7 aromatic rings. The number of methoxy groups -OCH3 is 1. The molecule has 4 aromatic carbocycles. The minimum absolute atomic E-state index is 0.0391. The van der Waals surface area contributed by atoms with E-state index in [9.17, 15) is 14.3 Å². The van der Waals surface area contributed by atoms with Crippen LogP contribution in [0.1, 0.15) is 16.8 Å². The first-order valence-electron chi connectivity index (χ1n) is 21.8. The number of para-hydroxylation sites is 1. The topological polar surface area (TPSA) is 151 Å². The van der Waals surface area contributed by atoms with Crippen LogP contribution in [-0.2, 0) is 22.6 Å². The number of hydrogen-bond donors (Lipinski definition) is 1. The fraction of sp³-hybridized carbons (Fsp3) is 0.300. The van der Waals surface area contributed by atoms with Gasteiger partial charge in [-0.3, -0.25) is 4.90 Å². The summed E-state index contributed by atoms with van der Waals surface area (Å²) in [5.74, 6) is 0.862. The number of aliphatic carboxylic acids is 1. The van der Waals surface area contributed by atoms with Gasteiger partial charge in [0.05, 0.1) is 42.0 Å². The lowest BCUT2D eigenvalue weighted by Gasteiger charge is -2.30. The van der Waals surface area contributed by atoms with Gasteiger partial charge in [-0.15, -0.1) is 11.3 Å². The van der Waals surface area contributed by atoms with Crippen LogP contribution in [0.4, 0.5) is 4.39 Å². The fourth-order valence-corrected chi connectivity index (χ4v) is 9.56. The van der Waals surface area contributed by atoms with E-state index in [-0.39, 0.29) is 31.3 Å². The highest BCUT2D eigenvalue weighted by atomic mass is 35.5. The quantitative estimate of drug-likeness (QED) is 0.124. The molecule has 3 aliphatic rings. The van der Waals surface area contributed by atoms with E-state index in [1.54, 1.807) is 49.7 Å². The van der Waals surface area contributed by atoms with E-state index in [1.165, 1.54) is 29.8 Å². The van der Waals surface area contributed by atoms with Crippen molar-refractivity contribution in [3.05, 3.63) is 125 Å². The van der Waals surface area contributed by atoms with Gasteiger partial charge in [-0.25, -0.2) is 29.1 Å². The molecule has 4 bridgehead atoms. The molecule has 346 valence electrons. The summed E-state index contributed by atoms with van der Waals surface area (Å²) in [5, 5.41) is 11.7. The molecule has 14 nitrogen and oxygen atoms in total. The van der Waals surface area contributed by atoms with E-state index in [0.717, 1.165) is 47.7 Å². The summed E-state index contributed by atoms with van der Waals surface area (Å²) < 4.78 is 51.6. The number of carbonyl (C=O) groups is 1. The molecule has 1 saturated heterocycles. The number of carboxylic acids is 1. The molecule has 6 heterocycles. The largest absolute Gasteiger partial charge is 0.496 e. The number of rotatable bonds is 12. The Morgan fingerprint density at radius 1 is 0.985 bits per heavy atom. The predicted molar refractivity (Wildman–Crippen MR) is 253 cm³/mol. The van der Waals surface area contributed by atoms with Gasteiger partial charge in [-0.05, 0) is 85.3 Å². The Bertz CT molecular complexity index is 2880. The Morgan fingerprint density at radius 2 is 1.81 bits per heavy atom. The number of thiophene rings is 1. The van der Waals surface area contributed by atoms with E-state index in [1.807, 2.05) is 50.4 Å². The SMILES string of the molecule is COc1ccccc1-c1nccc(COc2ccc3cc2C[C@H](C(=O)O)Oc2ncnc4sc(-c5ccc(F)cc5)c(c24)-c2ccc(c(Cl)c2C)O[C@H](CN(C)CCN2CCOCC2)CO3)n1. The Labute approximate surface area is 395 Å². The third kappa shape index (κ3) is 10.4. The number of fused-ring (bicyclic) bond motifs is 7. The Kier molecular flexibility index (Phi) is 14.1. The second-order valence-electron chi connectivity index (χ2n) is 16.3. The number of benzene rings is 4. The van der Waals surface area contributed by atoms with E-state index in [4.69, 9.17) is 45.0 Å². The van der Waals surface area contributed by atoms with Crippen molar-refractivity contribution in [1.29, 1.82) is 0 Å². The minimum Gasteiger partial charge on any atom is -0.496 e. The first-order chi connectivity index (χ1) is 32.6.